The molecule has 0 fully saturated rings. The van der Waals surface area contributed by atoms with Gasteiger partial charge in [0.15, 0.2) is 0 Å². The number of hydrogen-bond acceptors (Lipinski definition) is 4. The molecule has 112 valence electrons. The summed E-state index contributed by atoms with van der Waals surface area (Å²) in [5.41, 5.74) is 1.34. The van der Waals surface area contributed by atoms with Gasteiger partial charge < -0.3 is 5.11 Å². The SMILES string of the molecule is Cc1cc(C(=O)O)cc(S(=O)(=O)NCc2ccsc2)c1Br. The molecule has 0 atom stereocenters. The zero-order valence-electron chi connectivity index (χ0n) is 11.0. The number of carboxylic acid groups (broad SMARTS) is 1. The summed E-state index contributed by atoms with van der Waals surface area (Å²) in [5.74, 6) is -1.17. The van der Waals surface area contributed by atoms with E-state index in [0.717, 1.165) is 11.6 Å². The molecule has 0 aliphatic heterocycles. The lowest BCUT2D eigenvalue weighted by Crippen LogP contribution is -2.24. The van der Waals surface area contributed by atoms with Crippen LogP contribution in [0.25, 0.3) is 0 Å². The molecule has 8 heteroatoms. The highest BCUT2D eigenvalue weighted by molar-refractivity contribution is 9.10. The number of sulfonamides is 1. The first-order valence-corrected chi connectivity index (χ1v) is 9.07. The maximum absolute atomic E-state index is 12.3. The van der Waals surface area contributed by atoms with Crippen molar-refractivity contribution in [2.24, 2.45) is 0 Å². The topological polar surface area (TPSA) is 83.5 Å². The second-order valence-corrected chi connectivity index (χ2v) is 7.67. The molecule has 2 rings (SSSR count). The first-order chi connectivity index (χ1) is 9.81. The highest BCUT2D eigenvalue weighted by Crippen LogP contribution is 2.27. The summed E-state index contributed by atoms with van der Waals surface area (Å²) in [6.45, 7) is 1.81. The van der Waals surface area contributed by atoms with Crippen molar-refractivity contribution >= 4 is 43.3 Å². The molecule has 0 amide bonds. The van der Waals surface area contributed by atoms with E-state index in [1.165, 1.54) is 17.4 Å². The summed E-state index contributed by atoms with van der Waals surface area (Å²) >= 11 is 4.68. The Labute approximate surface area is 134 Å². The molecule has 0 radical (unpaired) electrons. The minimum atomic E-state index is -3.80. The van der Waals surface area contributed by atoms with E-state index in [4.69, 9.17) is 5.11 Å². The molecule has 2 aromatic rings. The third-order valence-electron chi connectivity index (χ3n) is 2.80. The smallest absolute Gasteiger partial charge is 0.335 e. The number of aryl methyl sites for hydroxylation is 1. The minimum absolute atomic E-state index is 0.0633. The third-order valence-corrected chi connectivity index (χ3v) is 6.28. The molecule has 1 aromatic carbocycles. The Morgan fingerprint density at radius 1 is 1.43 bits per heavy atom. The summed E-state index contributed by atoms with van der Waals surface area (Å²) in [6.07, 6.45) is 0. The molecule has 1 aromatic heterocycles. The Morgan fingerprint density at radius 2 is 2.14 bits per heavy atom. The fraction of sp³-hybridized carbons (Fsp3) is 0.154. The Kier molecular flexibility index (Phi) is 4.82. The number of hydrogen-bond donors (Lipinski definition) is 2. The van der Waals surface area contributed by atoms with Crippen LogP contribution in [-0.4, -0.2) is 19.5 Å². The molecular formula is C13H12BrNO4S2. The maximum Gasteiger partial charge on any atom is 0.335 e. The number of carbonyl (C=O) groups is 1. The average Bonchev–Trinajstić information content (AvgIpc) is 2.92. The second kappa shape index (κ2) is 6.27. The van der Waals surface area contributed by atoms with Crippen molar-refractivity contribution < 1.29 is 18.3 Å². The number of carboxylic acids is 1. The van der Waals surface area contributed by atoms with Gasteiger partial charge in [0.05, 0.1) is 10.5 Å². The van der Waals surface area contributed by atoms with Crippen molar-refractivity contribution in [2.45, 2.75) is 18.4 Å². The molecule has 1 heterocycles. The lowest BCUT2D eigenvalue weighted by Gasteiger charge is -2.11. The van der Waals surface area contributed by atoms with Crippen molar-refractivity contribution in [1.29, 1.82) is 0 Å². The monoisotopic (exact) mass is 389 g/mol. The predicted molar refractivity (Wildman–Crippen MR) is 84.2 cm³/mol. The van der Waals surface area contributed by atoms with Crippen molar-refractivity contribution in [3.05, 3.63) is 50.1 Å². The molecular weight excluding hydrogens is 378 g/mol. The number of aromatic carboxylic acids is 1. The molecule has 0 aliphatic rings. The molecule has 0 saturated carbocycles. The lowest BCUT2D eigenvalue weighted by molar-refractivity contribution is 0.0696. The maximum atomic E-state index is 12.3. The highest BCUT2D eigenvalue weighted by atomic mass is 79.9. The number of benzene rings is 1. The van der Waals surface area contributed by atoms with E-state index in [0.29, 0.717) is 10.0 Å². The van der Waals surface area contributed by atoms with Gasteiger partial charge >= 0.3 is 5.97 Å². The van der Waals surface area contributed by atoms with Crippen LogP contribution in [0, 0.1) is 6.92 Å². The minimum Gasteiger partial charge on any atom is -0.478 e. The average molecular weight is 390 g/mol. The van der Waals surface area contributed by atoms with Crippen molar-refractivity contribution in [1.82, 2.24) is 4.72 Å². The van der Waals surface area contributed by atoms with Gasteiger partial charge in [0.25, 0.3) is 0 Å². The van der Waals surface area contributed by atoms with Crippen molar-refractivity contribution in [3.63, 3.8) is 0 Å². The van der Waals surface area contributed by atoms with Crippen LogP contribution < -0.4 is 4.72 Å². The zero-order chi connectivity index (χ0) is 15.6. The fourth-order valence-corrected chi connectivity index (χ4v) is 4.43. The van der Waals surface area contributed by atoms with Crippen LogP contribution in [-0.2, 0) is 16.6 Å². The van der Waals surface area contributed by atoms with Gasteiger partial charge in [-0.2, -0.15) is 11.3 Å². The van der Waals surface area contributed by atoms with Crippen molar-refractivity contribution in [3.8, 4) is 0 Å². The van der Waals surface area contributed by atoms with Crippen LogP contribution in [0.2, 0.25) is 0 Å². The van der Waals surface area contributed by atoms with E-state index in [-0.39, 0.29) is 17.0 Å². The quantitative estimate of drug-likeness (QED) is 0.822. The van der Waals surface area contributed by atoms with E-state index in [9.17, 15) is 13.2 Å². The molecule has 0 bridgehead atoms. The molecule has 0 unspecified atom stereocenters. The predicted octanol–water partition coefficient (Wildman–Crippen LogP) is 3.00. The largest absolute Gasteiger partial charge is 0.478 e. The van der Waals surface area contributed by atoms with Gasteiger partial charge in [0.1, 0.15) is 0 Å². The summed E-state index contributed by atoms with van der Waals surface area (Å²) in [5, 5.41) is 12.7. The van der Waals surface area contributed by atoms with Crippen molar-refractivity contribution in [2.75, 3.05) is 0 Å². The molecule has 0 saturated heterocycles. The van der Waals surface area contributed by atoms with E-state index < -0.39 is 16.0 Å². The van der Waals surface area contributed by atoms with Crippen LogP contribution in [0.4, 0.5) is 0 Å². The van der Waals surface area contributed by atoms with Crippen LogP contribution in [0.3, 0.4) is 0 Å². The normalized spacial score (nSPS) is 11.5. The molecule has 0 spiro atoms. The standard InChI is InChI=1S/C13H12BrNO4S2/c1-8-4-10(13(16)17)5-11(12(8)14)21(18,19)15-6-9-2-3-20-7-9/h2-5,7,15H,6H2,1H3,(H,16,17). The second-order valence-electron chi connectivity index (χ2n) is 4.37. The summed E-state index contributed by atoms with van der Waals surface area (Å²) in [4.78, 5) is 11.0. The summed E-state index contributed by atoms with van der Waals surface area (Å²) < 4.78 is 27.5. The Hall–Kier alpha value is -1.22. The Balaban J connectivity index is 2.37. The molecule has 21 heavy (non-hydrogen) atoms. The van der Waals surface area contributed by atoms with Crippen LogP contribution in [0.5, 0.6) is 0 Å². The van der Waals surface area contributed by atoms with Gasteiger partial charge in [-0.3, -0.25) is 0 Å². The fourth-order valence-electron chi connectivity index (χ4n) is 1.71. The van der Waals surface area contributed by atoms with Crippen LogP contribution in [0.15, 0.2) is 38.3 Å². The Bertz CT molecular complexity index is 770. The highest BCUT2D eigenvalue weighted by Gasteiger charge is 2.21. The number of rotatable bonds is 5. The van der Waals surface area contributed by atoms with E-state index in [2.05, 4.69) is 20.7 Å². The van der Waals surface area contributed by atoms with Gasteiger partial charge in [-0.05, 0) is 62.9 Å². The number of nitrogens with one attached hydrogen (secondary N) is 1. The lowest BCUT2D eigenvalue weighted by atomic mass is 10.1. The van der Waals surface area contributed by atoms with Gasteiger partial charge in [-0.25, -0.2) is 17.9 Å². The molecule has 2 N–H and O–H groups in total. The Morgan fingerprint density at radius 3 is 2.71 bits per heavy atom. The number of halogens is 1. The summed E-state index contributed by atoms with van der Waals surface area (Å²) in [7, 11) is -3.80. The van der Waals surface area contributed by atoms with E-state index in [1.54, 1.807) is 6.92 Å². The number of thiophene rings is 1. The third kappa shape index (κ3) is 3.70. The first kappa shape index (κ1) is 16.2. The van der Waals surface area contributed by atoms with Gasteiger partial charge in [-0.1, -0.05) is 0 Å². The molecule has 5 nitrogen and oxygen atoms in total. The van der Waals surface area contributed by atoms with E-state index >= 15 is 0 Å². The summed E-state index contributed by atoms with van der Waals surface area (Å²) in [6, 6.07) is 4.39. The van der Waals surface area contributed by atoms with Gasteiger partial charge in [-0.15, -0.1) is 0 Å². The van der Waals surface area contributed by atoms with Gasteiger partial charge in [0.2, 0.25) is 10.0 Å². The van der Waals surface area contributed by atoms with Crippen LogP contribution in [0.1, 0.15) is 21.5 Å². The zero-order valence-corrected chi connectivity index (χ0v) is 14.2. The first-order valence-electron chi connectivity index (χ1n) is 5.85. The molecule has 0 aliphatic carbocycles. The van der Waals surface area contributed by atoms with E-state index in [1.807, 2.05) is 16.8 Å². The van der Waals surface area contributed by atoms with Gasteiger partial charge in [0, 0.05) is 11.0 Å². The van der Waals surface area contributed by atoms with Crippen LogP contribution >= 0.6 is 27.3 Å².